The van der Waals surface area contributed by atoms with Crippen molar-refractivity contribution in [1.29, 1.82) is 0 Å². The predicted molar refractivity (Wildman–Crippen MR) is 113 cm³/mol. The van der Waals surface area contributed by atoms with Gasteiger partial charge in [0, 0.05) is 23.9 Å². The molecular weight excluding hydrogens is 384 g/mol. The molecule has 1 N–H and O–H groups in total. The van der Waals surface area contributed by atoms with Crippen LogP contribution in [0.2, 0.25) is 0 Å². The third-order valence-electron chi connectivity index (χ3n) is 4.90. The summed E-state index contributed by atoms with van der Waals surface area (Å²) in [6, 6.07) is 12.5. The standard InChI is InChI=1S/C23H24N2O5/c1-14(2)13-25-22(26)20(16-6-4-5-7-17(16)28-3)21(23(25)27)24-15-8-9-18-19(12-15)30-11-10-29-18/h4-9,12,14,24H,10-11,13H2,1-3H3. The van der Waals surface area contributed by atoms with Gasteiger partial charge in [0.05, 0.1) is 12.7 Å². The average Bonchev–Trinajstić information content (AvgIpc) is 2.97. The van der Waals surface area contributed by atoms with E-state index < -0.39 is 0 Å². The van der Waals surface area contributed by atoms with Crippen LogP contribution in [0.1, 0.15) is 19.4 Å². The van der Waals surface area contributed by atoms with E-state index >= 15 is 0 Å². The van der Waals surface area contributed by atoms with Crippen molar-refractivity contribution in [2.24, 2.45) is 5.92 Å². The van der Waals surface area contributed by atoms with Crippen LogP contribution in [0, 0.1) is 5.92 Å². The fourth-order valence-corrected chi connectivity index (χ4v) is 3.59. The number of para-hydroxylation sites is 1. The van der Waals surface area contributed by atoms with Gasteiger partial charge in [-0.05, 0) is 24.1 Å². The molecule has 156 valence electrons. The number of fused-ring (bicyclic) bond motifs is 1. The molecule has 0 saturated carbocycles. The van der Waals surface area contributed by atoms with Crippen LogP contribution in [0.4, 0.5) is 5.69 Å². The van der Waals surface area contributed by atoms with E-state index in [1.54, 1.807) is 37.4 Å². The number of imide groups is 1. The number of ether oxygens (including phenoxy) is 3. The first kappa shape index (κ1) is 19.8. The van der Waals surface area contributed by atoms with E-state index in [0.29, 0.717) is 53.8 Å². The van der Waals surface area contributed by atoms with Crippen LogP contribution < -0.4 is 19.5 Å². The zero-order chi connectivity index (χ0) is 21.3. The first-order valence-corrected chi connectivity index (χ1v) is 9.90. The van der Waals surface area contributed by atoms with Crippen LogP contribution in [0.15, 0.2) is 48.2 Å². The fourth-order valence-electron chi connectivity index (χ4n) is 3.59. The molecule has 0 radical (unpaired) electrons. The van der Waals surface area contributed by atoms with E-state index in [1.165, 1.54) is 4.90 Å². The summed E-state index contributed by atoms with van der Waals surface area (Å²) in [5.41, 5.74) is 1.73. The second kappa shape index (κ2) is 8.10. The van der Waals surface area contributed by atoms with E-state index in [2.05, 4.69) is 5.32 Å². The molecule has 30 heavy (non-hydrogen) atoms. The molecule has 0 unspecified atom stereocenters. The number of methoxy groups -OCH3 is 1. The van der Waals surface area contributed by atoms with Crippen molar-refractivity contribution in [2.45, 2.75) is 13.8 Å². The maximum atomic E-state index is 13.3. The lowest BCUT2D eigenvalue weighted by atomic mass is 10.0. The monoisotopic (exact) mass is 408 g/mol. The zero-order valence-electron chi connectivity index (χ0n) is 17.2. The minimum atomic E-state index is -0.357. The Morgan fingerprint density at radius 1 is 1.03 bits per heavy atom. The highest BCUT2D eigenvalue weighted by atomic mass is 16.6. The Labute approximate surface area is 175 Å². The summed E-state index contributed by atoms with van der Waals surface area (Å²) < 4.78 is 16.6. The number of hydrogen-bond acceptors (Lipinski definition) is 6. The molecule has 0 spiro atoms. The lowest BCUT2D eigenvalue weighted by Crippen LogP contribution is -2.35. The summed E-state index contributed by atoms with van der Waals surface area (Å²) in [5, 5.41) is 3.15. The highest BCUT2D eigenvalue weighted by Crippen LogP contribution is 2.37. The lowest BCUT2D eigenvalue weighted by molar-refractivity contribution is -0.137. The largest absolute Gasteiger partial charge is 0.496 e. The van der Waals surface area contributed by atoms with Crippen LogP contribution in [-0.2, 0) is 9.59 Å². The van der Waals surface area contributed by atoms with Crippen LogP contribution in [-0.4, -0.2) is 43.6 Å². The van der Waals surface area contributed by atoms with E-state index in [4.69, 9.17) is 14.2 Å². The van der Waals surface area contributed by atoms with Gasteiger partial charge >= 0.3 is 0 Å². The van der Waals surface area contributed by atoms with Crippen LogP contribution in [0.3, 0.4) is 0 Å². The summed E-state index contributed by atoms with van der Waals surface area (Å²) in [4.78, 5) is 27.8. The van der Waals surface area contributed by atoms with E-state index in [0.717, 1.165) is 0 Å². The van der Waals surface area contributed by atoms with E-state index in [9.17, 15) is 9.59 Å². The van der Waals surface area contributed by atoms with Gasteiger partial charge in [0.25, 0.3) is 11.8 Å². The maximum absolute atomic E-state index is 13.3. The first-order chi connectivity index (χ1) is 14.5. The zero-order valence-corrected chi connectivity index (χ0v) is 17.2. The molecule has 0 fully saturated rings. The summed E-state index contributed by atoms with van der Waals surface area (Å²) in [5.74, 6) is 1.23. The quantitative estimate of drug-likeness (QED) is 0.739. The molecule has 2 aromatic rings. The Kier molecular flexibility index (Phi) is 5.35. The number of rotatable bonds is 6. The topological polar surface area (TPSA) is 77.1 Å². The molecule has 2 amide bonds. The number of anilines is 1. The van der Waals surface area contributed by atoms with Gasteiger partial charge in [0.2, 0.25) is 0 Å². The molecule has 2 aromatic carbocycles. The minimum Gasteiger partial charge on any atom is -0.496 e. The van der Waals surface area contributed by atoms with Crippen molar-refractivity contribution in [2.75, 3.05) is 32.2 Å². The summed E-state index contributed by atoms with van der Waals surface area (Å²) in [7, 11) is 1.54. The van der Waals surface area contributed by atoms with Crippen molar-refractivity contribution in [3.8, 4) is 17.2 Å². The molecule has 7 nitrogen and oxygen atoms in total. The Balaban J connectivity index is 1.78. The molecule has 0 bridgehead atoms. The van der Waals surface area contributed by atoms with E-state index in [-0.39, 0.29) is 23.4 Å². The third-order valence-corrected chi connectivity index (χ3v) is 4.90. The average molecular weight is 408 g/mol. The Morgan fingerprint density at radius 3 is 2.50 bits per heavy atom. The van der Waals surface area contributed by atoms with Gasteiger partial charge in [-0.3, -0.25) is 14.5 Å². The number of carbonyl (C=O) groups excluding carboxylic acids is 2. The van der Waals surface area contributed by atoms with E-state index in [1.807, 2.05) is 26.0 Å². The normalized spacial score (nSPS) is 15.8. The molecule has 0 saturated heterocycles. The van der Waals surface area contributed by atoms with Gasteiger partial charge in [-0.1, -0.05) is 32.0 Å². The second-order valence-electron chi connectivity index (χ2n) is 7.55. The van der Waals surface area contributed by atoms with Crippen LogP contribution in [0.25, 0.3) is 5.57 Å². The van der Waals surface area contributed by atoms with Gasteiger partial charge in [0.15, 0.2) is 11.5 Å². The van der Waals surface area contributed by atoms with Crippen LogP contribution >= 0.6 is 0 Å². The van der Waals surface area contributed by atoms with Crippen molar-refractivity contribution in [3.05, 3.63) is 53.7 Å². The van der Waals surface area contributed by atoms with Gasteiger partial charge in [-0.25, -0.2) is 0 Å². The van der Waals surface area contributed by atoms with Gasteiger partial charge in [-0.15, -0.1) is 0 Å². The lowest BCUT2D eigenvalue weighted by Gasteiger charge is -2.20. The van der Waals surface area contributed by atoms with Gasteiger partial charge < -0.3 is 19.5 Å². The predicted octanol–water partition coefficient (Wildman–Crippen LogP) is 3.31. The molecule has 0 atom stereocenters. The SMILES string of the molecule is COc1ccccc1C1=C(Nc2ccc3c(c2)OCCO3)C(=O)N(CC(C)C)C1=O. The molecule has 2 heterocycles. The van der Waals surface area contributed by atoms with Crippen molar-refractivity contribution in [3.63, 3.8) is 0 Å². The smallest absolute Gasteiger partial charge is 0.278 e. The summed E-state index contributed by atoms with van der Waals surface area (Å²) >= 11 is 0. The number of benzene rings is 2. The number of nitrogens with zero attached hydrogens (tertiary/aromatic N) is 1. The molecule has 0 aliphatic carbocycles. The maximum Gasteiger partial charge on any atom is 0.278 e. The molecule has 2 aliphatic heterocycles. The molecular formula is C23H24N2O5. The van der Waals surface area contributed by atoms with Gasteiger partial charge in [-0.2, -0.15) is 0 Å². The Bertz CT molecular complexity index is 1030. The number of nitrogens with one attached hydrogen (secondary N) is 1. The first-order valence-electron chi connectivity index (χ1n) is 9.90. The summed E-state index contributed by atoms with van der Waals surface area (Å²) in [6.07, 6.45) is 0. The Hall–Kier alpha value is -3.48. The molecule has 4 rings (SSSR count). The molecule has 0 aromatic heterocycles. The number of hydrogen-bond donors (Lipinski definition) is 1. The minimum absolute atomic E-state index is 0.144. The van der Waals surface area contributed by atoms with Crippen molar-refractivity contribution >= 4 is 23.1 Å². The molecule has 2 aliphatic rings. The highest BCUT2D eigenvalue weighted by molar-refractivity contribution is 6.37. The van der Waals surface area contributed by atoms with Crippen molar-refractivity contribution in [1.82, 2.24) is 4.90 Å². The Morgan fingerprint density at radius 2 is 1.77 bits per heavy atom. The highest BCUT2D eigenvalue weighted by Gasteiger charge is 2.40. The van der Waals surface area contributed by atoms with Gasteiger partial charge in [0.1, 0.15) is 24.7 Å². The third kappa shape index (κ3) is 3.58. The second-order valence-corrected chi connectivity index (χ2v) is 7.55. The van der Waals surface area contributed by atoms with Crippen LogP contribution in [0.5, 0.6) is 17.2 Å². The molecule has 7 heteroatoms. The summed E-state index contributed by atoms with van der Waals surface area (Å²) in [6.45, 7) is 5.24. The number of amides is 2. The van der Waals surface area contributed by atoms with Crippen molar-refractivity contribution < 1.29 is 23.8 Å². The fraction of sp³-hybridized carbons (Fsp3) is 0.304. The number of carbonyl (C=O) groups is 2.